The van der Waals surface area contributed by atoms with Crippen LogP contribution in [0.2, 0.25) is 0 Å². The number of hydrogen-bond acceptors (Lipinski definition) is 3. The first-order valence-electron chi connectivity index (χ1n) is 7.41. The van der Waals surface area contributed by atoms with Crippen LogP contribution >= 0.6 is 0 Å². The van der Waals surface area contributed by atoms with Crippen molar-refractivity contribution >= 4 is 11.6 Å². The van der Waals surface area contributed by atoms with Crippen LogP contribution in [0.4, 0.5) is 5.69 Å². The Bertz CT molecular complexity index is 509. The summed E-state index contributed by atoms with van der Waals surface area (Å²) in [5, 5.41) is 0. The maximum Gasteiger partial charge on any atom is 0.231 e. The molecule has 1 amide bonds. The first kappa shape index (κ1) is 13.6. The molecule has 1 fully saturated rings. The van der Waals surface area contributed by atoms with E-state index in [4.69, 9.17) is 10.5 Å². The molecule has 2 N–H and O–H groups in total. The van der Waals surface area contributed by atoms with Crippen molar-refractivity contribution in [3.63, 3.8) is 0 Å². The Morgan fingerprint density at radius 3 is 3.10 bits per heavy atom. The Balaban J connectivity index is 1.65. The quantitative estimate of drug-likeness (QED) is 0.915. The van der Waals surface area contributed by atoms with Crippen LogP contribution in [-0.2, 0) is 16.0 Å². The van der Waals surface area contributed by atoms with E-state index >= 15 is 0 Å². The van der Waals surface area contributed by atoms with Crippen molar-refractivity contribution in [1.82, 2.24) is 0 Å². The molecule has 20 heavy (non-hydrogen) atoms. The third-order valence-electron chi connectivity index (χ3n) is 4.43. The number of carbonyl (C=O) groups is 1. The number of rotatable bonds is 4. The lowest BCUT2D eigenvalue weighted by molar-refractivity contribution is -0.117. The predicted octanol–water partition coefficient (Wildman–Crippen LogP) is 2.16. The van der Waals surface area contributed by atoms with E-state index in [-0.39, 0.29) is 11.9 Å². The number of amides is 1. The number of likely N-dealkylation sites (N-methyl/N-ethyl adjacent to an activating group) is 1. The van der Waals surface area contributed by atoms with Gasteiger partial charge in [-0.05, 0) is 42.9 Å². The fraction of sp³-hybridized carbons (Fsp3) is 0.562. The molecule has 3 rings (SSSR count). The number of nitrogens with two attached hydrogens (primary N) is 1. The number of ether oxygens (including phenoxy) is 1. The number of anilines is 1. The smallest absolute Gasteiger partial charge is 0.231 e. The van der Waals surface area contributed by atoms with E-state index in [0.29, 0.717) is 12.5 Å². The summed E-state index contributed by atoms with van der Waals surface area (Å²) in [7, 11) is 1.82. The molecule has 2 aliphatic rings. The topological polar surface area (TPSA) is 55.6 Å². The molecule has 108 valence electrons. The van der Waals surface area contributed by atoms with Gasteiger partial charge >= 0.3 is 0 Å². The highest BCUT2D eigenvalue weighted by molar-refractivity contribution is 6.00. The van der Waals surface area contributed by atoms with Gasteiger partial charge in [-0.1, -0.05) is 12.1 Å². The fourth-order valence-electron chi connectivity index (χ4n) is 3.12. The van der Waals surface area contributed by atoms with Gasteiger partial charge in [0.05, 0.1) is 12.5 Å². The highest BCUT2D eigenvalue weighted by Gasteiger charge is 2.25. The van der Waals surface area contributed by atoms with Crippen LogP contribution in [0.1, 0.15) is 42.9 Å². The molecule has 0 saturated carbocycles. The summed E-state index contributed by atoms with van der Waals surface area (Å²) in [4.78, 5) is 13.4. The molecule has 0 aromatic heterocycles. The molecular weight excluding hydrogens is 252 g/mol. The van der Waals surface area contributed by atoms with Gasteiger partial charge in [-0.2, -0.15) is 0 Å². The summed E-state index contributed by atoms with van der Waals surface area (Å²) in [5.74, 6) is 0.157. The summed E-state index contributed by atoms with van der Waals surface area (Å²) in [5.41, 5.74) is 9.53. The molecule has 4 nitrogen and oxygen atoms in total. The first-order chi connectivity index (χ1) is 9.65. The normalized spacial score (nSPS) is 23.2. The van der Waals surface area contributed by atoms with Crippen LogP contribution in [0.5, 0.6) is 0 Å². The summed E-state index contributed by atoms with van der Waals surface area (Å²) >= 11 is 0. The molecule has 0 bridgehead atoms. The molecule has 2 heterocycles. The molecule has 1 aromatic rings. The third-order valence-corrected chi connectivity index (χ3v) is 4.43. The lowest BCUT2D eigenvalue weighted by Crippen LogP contribution is -2.20. The fourth-order valence-corrected chi connectivity index (χ4v) is 3.12. The summed E-state index contributed by atoms with van der Waals surface area (Å²) < 4.78 is 5.63. The van der Waals surface area contributed by atoms with Crippen molar-refractivity contribution in [2.75, 3.05) is 18.6 Å². The second-order valence-electron chi connectivity index (χ2n) is 5.84. The molecule has 0 radical (unpaired) electrons. The van der Waals surface area contributed by atoms with Gasteiger partial charge in [-0.25, -0.2) is 0 Å². The maximum absolute atomic E-state index is 11.7. The van der Waals surface area contributed by atoms with E-state index in [2.05, 4.69) is 6.07 Å². The van der Waals surface area contributed by atoms with Gasteiger partial charge in [0.15, 0.2) is 0 Å². The predicted molar refractivity (Wildman–Crippen MR) is 78.7 cm³/mol. The number of hydrogen-bond donors (Lipinski definition) is 1. The molecule has 0 spiro atoms. The van der Waals surface area contributed by atoms with Gasteiger partial charge in [0.1, 0.15) is 0 Å². The minimum Gasteiger partial charge on any atom is -0.378 e. The van der Waals surface area contributed by atoms with E-state index in [1.165, 1.54) is 6.42 Å². The second kappa shape index (κ2) is 5.54. The van der Waals surface area contributed by atoms with Crippen molar-refractivity contribution in [3.8, 4) is 0 Å². The standard InChI is InChI=1S/C16H22N2O2/c1-18-15-7-4-11(9-12(15)10-16(18)19)14(17)6-5-13-3-2-8-20-13/h4,7,9,13-14H,2-3,5-6,8,10,17H2,1H3. The van der Waals surface area contributed by atoms with Crippen molar-refractivity contribution in [3.05, 3.63) is 29.3 Å². The van der Waals surface area contributed by atoms with Crippen molar-refractivity contribution in [1.29, 1.82) is 0 Å². The lowest BCUT2D eigenvalue weighted by Gasteiger charge is -2.16. The van der Waals surface area contributed by atoms with E-state index in [9.17, 15) is 4.79 Å². The Labute approximate surface area is 119 Å². The number of fused-ring (bicyclic) bond motifs is 1. The zero-order valence-electron chi connectivity index (χ0n) is 12.0. The number of nitrogens with zero attached hydrogens (tertiary/aromatic N) is 1. The molecule has 2 atom stereocenters. The lowest BCUT2D eigenvalue weighted by atomic mass is 9.97. The summed E-state index contributed by atoms with van der Waals surface area (Å²) in [6.07, 6.45) is 5.19. The third kappa shape index (κ3) is 2.58. The molecule has 2 aliphatic heterocycles. The largest absolute Gasteiger partial charge is 0.378 e. The highest BCUT2D eigenvalue weighted by Crippen LogP contribution is 2.31. The zero-order valence-corrected chi connectivity index (χ0v) is 12.0. The van der Waals surface area contributed by atoms with Crippen LogP contribution in [0.3, 0.4) is 0 Å². The van der Waals surface area contributed by atoms with Crippen LogP contribution in [-0.4, -0.2) is 25.7 Å². The second-order valence-corrected chi connectivity index (χ2v) is 5.84. The molecule has 0 aliphatic carbocycles. The van der Waals surface area contributed by atoms with Gasteiger partial charge in [0.2, 0.25) is 5.91 Å². The van der Waals surface area contributed by atoms with E-state index < -0.39 is 0 Å². The van der Waals surface area contributed by atoms with Gasteiger partial charge < -0.3 is 15.4 Å². The Kier molecular flexibility index (Phi) is 3.76. The number of carbonyl (C=O) groups excluding carboxylic acids is 1. The SMILES string of the molecule is CN1C(=O)Cc2cc(C(N)CCC3CCCO3)ccc21. The molecule has 1 aromatic carbocycles. The van der Waals surface area contributed by atoms with Gasteiger partial charge in [0, 0.05) is 25.4 Å². The maximum atomic E-state index is 11.7. The Morgan fingerprint density at radius 1 is 1.50 bits per heavy atom. The summed E-state index contributed by atoms with van der Waals surface area (Å²) in [6, 6.07) is 6.19. The van der Waals surface area contributed by atoms with Crippen LogP contribution in [0, 0.1) is 0 Å². The number of benzene rings is 1. The summed E-state index contributed by atoms with van der Waals surface area (Å²) in [6.45, 7) is 0.896. The van der Waals surface area contributed by atoms with Crippen LogP contribution in [0.15, 0.2) is 18.2 Å². The van der Waals surface area contributed by atoms with Crippen LogP contribution < -0.4 is 10.6 Å². The molecular formula is C16H22N2O2. The zero-order chi connectivity index (χ0) is 14.1. The Morgan fingerprint density at radius 2 is 2.35 bits per heavy atom. The monoisotopic (exact) mass is 274 g/mol. The Hall–Kier alpha value is -1.39. The van der Waals surface area contributed by atoms with Crippen molar-refractivity contribution < 1.29 is 9.53 Å². The van der Waals surface area contributed by atoms with E-state index in [1.54, 1.807) is 4.90 Å². The highest BCUT2D eigenvalue weighted by atomic mass is 16.5. The first-order valence-corrected chi connectivity index (χ1v) is 7.41. The van der Waals surface area contributed by atoms with E-state index in [1.807, 2.05) is 19.2 Å². The van der Waals surface area contributed by atoms with Crippen molar-refractivity contribution in [2.45, 2.75) is 44.2 Å². The van der Waals surface area contributed by atoms with Gasteiger partial charge in [-0.15, -0.1) is 0 Å². The molecule has 2 unspecified atom stereocenters. The molecule has 4 heteroatoms. The van der Waals surface area contributed by atoms with Crippen molar-refractivity contribution in [2.24, 2.45) is 5.73 Å². The average Bonchev–Trinajstić information content (AvgIpc) is 3.05. The van der Waals surface area contributed by atoms with Crippen LogP contribution in [0.25, 0.3) is 0 Å². The minimum atomic E-state index is 0.0329. The van der Waals surface area contributed by atoms with Gasteiger partial charge in [0.25, 0.3) is 0 Å². The molecule has 1 saturated heterocycles. The minimum absolute atomic E-state index is 0.0329. The van der Waals surface area contributed by atoms with E-state index in [0.717, 1.165) is 42.7 Å². The van der Waals surface area contributed by atoms with Gasteiger partial charge in [-0.3, -0.25) is 4.79 Å². The average molecular weight is 274 g/mol.